The monoisotopic (exact) mass is 89.0 g/mol. The van der Waals surface area contributed by atoms with Gasteiger partial charge in [-0.2, -0.15) is 0 Å². The Labute approximate surface area is 35.4 Å². The first-order valence-electron chi connectivity index (χ1n) is 1.82. The van der Waals surface area contributed by atoms with E-state index in [1.165, 1.54) is 0 Å². The van der Waals surface area contributed by atoms with Crippen LogP contribution < -0.4 is 0 Å². The van der Waals surface area contributed by atoms with E-state index in [0.717, 1.165) is 12.5 Å². The molecule has 0 fully saturated rings. The van der Waals surface area contributed by atoms with Crippen molar-refractivity contribution in [2.24, 2.45) is 0 Å². The zero-order valence-electron chi connectivity index (χ0n) is 3.28. The van der Waals surface area contributed by atoms with E-state index in [0.29, 0.717) is 6.61 Å². The lowest BCUT2D eigenvalue weighted by Gasteiger charge is -1.79. The Bertz CT molecular complexity index is 14.4. The van der Waals surface area contributed by atoms with Gasteiger partial charge < -0.3 is 5.11 Å². The average molecular weight is 89.2 g/mol. The van der Waals surface area contributed by atoms with Gasteiger partial charge in [-0.15, -0.1) is 0 Å². The molecule has 0 saturated carbocycles. The molecule has 0 spiro atoms. The second-order valence-corrected chi connectivity index (χ2v) is 1.64. The van der Waals surface area contributed by atoms with Gasteiger partial charge in [-0.3, -0.25) is 0 Å². The summed E-state index contributed by atoms with van der Waals surface area (Å²) in [7, 11) is 1.89. The summed E-state index contributed by atoms with van der Waals surface area (Å²) < 4.78 is 0. The van der Waals surface area contributed by atoms with Crippen molar-refractivity contribution in [2.75, 3.05) is 6.61 Å². The van der Waals surface area contributed by atoms with Crippen LogP contribution in [0.25, 0.3) is 0 Å². The quantitative estimate of drug-likeness (QED) is 0.449. The fraction of sp³-hybridized carbons (Fsp3) is 1.00. The van der Waals surface area contributed by atoms with Gasteiger partial charge in [0, 0.05) is 16.8 Å². The summed E-state index contributed by atoms with van der Waals surface area (Å²) in [4.78, 5) is 0. The van der Waals surface area contributed by atoms with Crippen molar-refractivity contribution in [3.63, 3.8) is 0 Å². The Morgan fingerprint density at radius 1 is 1.60 bits per heavy atom. The molecule has 0 aliphatic heterocycles. The molecule has 1 radical (unpaired) electrons. The van der Waals surface area contributed by atoms with Crippen molar-refractivity contribution < 1.29 is 5.11 Å². The van der Waals surface area contributed by atoms with Gasteiger partial charge >= 0.3 is 0 Å². The van der Waals surface area contributed by atoms with Crippen LogP contribution in [-0.2, 0) is 0 Å². The molecule has 0 aromatic heterocycles. The number of aliphatic hydroxyl groups excluding tert-OH is 1. The number of aliphatic hydroxyl groups is 1. The van der Waals surface area contributed by atoms with Crippen LogP contribution in [0.4, 0.5) is 0 Å². The standard InChI is InChI=1S/C3H9OSi/c4-2-1-3-5/h4H,1-3,5H2. The molecule has 0 aromatic rings. The number of hydrogen-bond donors (Lipinski definition) is 1. The van der Waals surface area contributed by atoms with Gasteiger partial charge in [-0.05, 0) is 6.42 Å². The largest absolute Gasteiger partial charge is 0.396 e. The summed E-state index contributed by atoms with van der Waals surface area (Å²) in [6.07, 6.45) is 0.957. The molecule has 0 unspecified atom stereocenters. The van der Waals surface area contributed by atoms with Crippen LogP contribution in [-0.4, -0.2) is 22.0 Å². The van der Waals surface area contributed by atoms with E-state index >= 15 is 0 Å². The van der Waals surface area contributed by atoms with Crippen molar-refractivity contribution >= 4 is 10.2 Å². The second kappa shape index (κ2) is 4.18. The smallest absolute Gasteiger partial charge is 0.0428 e. The van der Waals surface area contributed by atoms with Gasteiger partial charge in [-0.25, -0.2) is 0 Å². The molecule has 1 N–H and O–H groups in total. The molecule has 0 aliphatic carbocycles. The van der Waals surface area contributed by atoms with Crippen LogP contribution in [0.5, 0.6) is 0 Å². The van der Waals surface area contributed by atoms with Crippen LogP contribution in [0.1, 0.15) is 6.42 Å². The first kappa shape index (κ1) is 5.18. The maximum Gasteiger partial charge on any atom is 0.0428 e. The van der Waals surface area contributed by atoms with Gasteiger partial charge in [0.25, 0.3) is 0 Å². The predicted octanol–water partition coefficient (Wildman–Crippen LogP) is -0.580. The van der Waals surface area contributed by atoms with Crippen molar-refractivity contribution in [3.05, 3.63) is 0 Å². The van der Waals surface area contributed by atoms with E-state index in [1.807, 2.05) is 10.2 Å². The number of rotatable bonds is 2. The molecule has 0 amide bonds. The van der Waals surface area contributed by atoms with E-state index in [1.54, 1.807) is 0 Å². The van der Waals surface area contributed by atoms with Crippen LogP contribution in [0.2, 0.25) is 6.04 Å². The molecule has 2 heteroatoms. The normalized spacial score (nSPS) is 8.40. The van der Waals surface area contributed by atoms with E-state index in [4.69, 9.17) is 5.11 Å². The van der Waals surface area contributed by atoms with Crippen LogP contribution in [0, 0.1) is 0 Å². The third-order valence-corrected chi connectivity index (χ3v) is 0.908. The summed E-state index contributed by atoms with van der Waals surface area (Å²) >= 11 is 0. The second-order valence-electron chi connectivity index (χ2n) is 0.931. The molecular weight excluding hydrogens is 80.1 g/mol. The van der Waals surface area contributed by atoms with Gasteiger partial charge in [-0.1, -0.05) is 6.04 Å². The maximum atomic E-state index is 8.07. The summed E-state index contributed by atoms with van der Waals surface area (Å²) in [6.45, 7) is 0.351. The highest BCUT2D eigenvalue weighted by atomic mass is 28.1. The Kier molecular flexibility index (Phi) is 4.32. The summed E-state index contributed by atoms with van der Waals surface area (Å²) in [5, 5.41) is 8.07. The fourth-order valence-corrected chi connectivity index (χ4v) is 0.335. The Hall–Kier alpha value is 0.177. The van der Waals surface area contributed by atoms with Crippen LogP contribution in [0.3, 0.4) is 0 Å². The van der Waals surface area contributed by atoms with Crippen molar-refractivity contribution in [1.82, 2.24) is 0 Å². The zero-order valence-corrected chi connectivity index (χ0v) is 4.69. The Morgan fingerprint density at radius 2 is 2.20 bits per heavy atom. The molecule has 31 valence electrons. The minimum Gasteiger partial charge on any atom is -0.396 e. The van der Waals surface area contributed by atoms with Gasteiger partial charge in [0.1, 0.15) is 0 Å². The molecule has 5 heavy (non-hydrogen) atoms. The molecule has 0 bridgehead atoms. The lowest BCUT2D eigenvalue weighted by atomic mass is 10.5. The van der Waals surface area contributed by atoms with E-state index < -0.39 is 0 Å². The lowest BCUT2D eigenvalue weighted by molar-refractivity contribution is 0.295. The molecule has 0 rings (SSSR count). The van der Waals surface area contributed by atoms with Crippen molar-refractivity contribution in [1.29, 1.82) is 0 Å². The van der Waals surface area contributed by atoms with E-state index in [-0.39, 0.29) is 0 Å². The van der Waals surface area contributed by atoms with Gasteiger partial charge in [0.2, 0.25) is 0 Å². The van der Waals surface area contributed by atoms with Gasteiger partial charge in [0.05, 0.1) is 0 Å². The lowest BCUT2D eigenvalue weighted by Crippen LogP contribution is -1.77. The number of hydrogen-bond acceptors (Lipinski definition) is 1. The first-order valence-corrected chi connectivity index (χ1v) is 2.82. The highest BCUT2D eigenvalue weighted by Crippen LogP contribution is 1.76. The van der Waals surface area contributed by atoms with Crippen molar-refractivity contribution in [3.8, 4) is 0 Å². The molecular formula is C3H9OSi. The average Bonchev–Trinajstić information content (AvgIpc) is 1.41. The SMILES string of the molecule is OCCC[SiH2]. The third-order valence-electron chi connectivity index (χ3n) is 0.408. The van der Waals surface area contributed by atoms with Crippen LogP contribution >= 0.6 is 0 Å². The summed E-state index contributed by atoms with van der Waals surface area (Å²) in [5.41, 5.74) is 0. The predicted molar refractivity (Wildman–Crippen MR) is 25.1 cm³/mol. The first-order chi connectivity index (χ1) is 2.41. The van der Waals surface area contributed by atoms with E-state index in [9.17, 15) is 0 Å². The molecule has 0 saturated heterocycles. The molecule has 0 aromatic carbocycles. The topological polar surface area (TPSA) is 20.2 Å². The molecule has 0 atom stereocenters. The Morgan fingerprint density at radius 3 is 2.20 bits per heavy atom. The minimum absolute atomic E-state index is 0.351. The highest BCUT2D eigenvalue weighted by Gasteiger charge is 1.69. The van der Waals surface area contributed by atoms with Crippen LogP contribution in [0.15, 0.2) is 0 Å². The maximum absolute atomic E-state index is 8.07. The highest BCUT2D eigenvalue weighted by molar-refractivity contribution is 6.08. The Balaban J connectivity index is 2.19. The zero-order chi connectivity index (χ0) is 4.12. The minimum atomic E-state index is 0.351. The fourth-order valence-electron chi connectivity index (χ4n) is 0.112. The molecule has 0 aliphatic rings. The van der Waals surface area contributed by atoms with E-state index in [2.05, 4.69) is 0 Å². The van der Waals surface area contributed by atoms with Crippen molar-refractivity contribution in [2.45, 2.75) is 12.5 Å². The summed E-state index contributed by atoms with van der Waals surface area (Å²) in [6, 6.07) is 1.12. The third kappa shape index (κ3) is 4.18. The molecule has 0 heterocycles. The van der Waals surface area contributed by atoms with Gasteiger partial charge in [0.15, 0.2) is 0 Å². The summed E-state index contributed by atoms with van der Waals surface area (Å²) in [5.74, 6) is 0. The molecule has 1 nitrogen and oxygen atoms in total.